The molecule has 0 aliphatic carbocycles. The molecule has 1 aliphatic heterocycles. The van der Waals surface area contributed by atoms with Gasteiger partial charge in [-0.1, -0.05) is 11.6 Å². The van der Waals surface area contributed by atoms with E-state index in [2.05, 4.69) is 5.32 Å². The normalized spacial score (nSPS) is 20.5. The molecule has 0 radical (unpaired) electrons. The quantitative estimate of drug-likeness (QED) is 0.861. The molecular weight excluding hydrogens is 217 g/mol. The van der Waals surface area contributed by atoms with Gasteiger partial charge >= 0.3 is 0 Å². The minimum absolute atomic E-state index is 0.304. The number of rotatable bonds is 3. The van der Waals surface area contributed by atoms with Crippen LogP contribution in [0, 0.1) is 11.7 Å². The number of anilines is 1. The minimum Gasteiger partial charge on any atom is -0.382 e. The minimum atomic E-state index is -0.304. The average molecular weight is 230 g/mol. The highest BCUT2D eigenvalue weighted by Gasteiger charge is 2.15. The molecule has 1 aromatic rings. The van der Waals surface area contributed by atoms with Gasteiger partial charge < -0.3 is 10.1 Å². The fourth-order valence-corrected chi connectivity index (χ4v) is 1.79. The van der Waals surface area contributed by atoms with Crippen LogP contribution in [0.5, 0.6) is 0 Å². The van der Waals surface area contributed by atoms with Gasteiger partial charge in [-0.05, 0) is 24.6 Å². The second-order valence-electron chi connectivity index (χ2n) is 3.73. The molecule has 82 valence electrons. The summed E-state index contributed by atoms with van der Waals surface area (Å²) in [4.78, 5) is 0. The summed E-state index contributed by atoms with van der Waals surface area (Å²) in [6, 6.07) is 4.65. The van der Waals surface area contributed by atoms with E-state index in [9.17, 15) is 4.39 Å². The Morgan fingerprint density at radius 3 is 3.07 bits per heavy atom. The maximum Gasteiger partial charge on any atom is 0.147 e. The van der Waals surface area contributed by atoms with Crippen LogP contribution >= 0.6 is 11.6 Å². The summed E-state index contributed by atoms with van der Waals surface area (Å²) in [6.07, 6.45) is 1.04. The molecule has 1 unspecified atom stereocenters. The number of benzene rings is 1. The maximum absolute atomic E-state index is 13.3. The highest BCUT2D eigenvalue weighted by atomic mass is 35.5. The highest BCUT2D eigenvalue weighted by molar-refractivity contribution is 6.30. The SMILES string of the molecule is Fc1cc(Cl)ccc1NCC1CCOC1. The Morgan fingerprint density at radius 2 is 2.40 bits per heavy atom. The van der Waals surface area contributed by atoms with E-state index in [4.69, 9.17) is 16.3 Å². The number of nitrogens with one attached hydrogen (secondary N) is 1. The fourth-order valence-electron chi connectivity index (χ4n) is 1.63. The lowest BCUT2D eigenvalue weighted by Crippen LogP contribution is -2.14. The van der Waals surface area contributed by atoms with Crippen molar-refractivity contribution in [2.45, 2.75) is 6.42 Å². The Morgan fingerprint density at radius 1 is 1.53 bits per heavy atom. The van der Waals surface area contributed by atoms with E-state index < -0.39 is 0 Å². The van der Waals surface area contributed by atoms with Crippen LogP contribution in [0.2, 0.25) is 5.02 Å². The van der Waals surface area contributed by atoms with E-state index in [1.54, 1.807) is 12.1 Å². The zero-order valence-corrected chi connectivity index (χ0v) is 9.06. The third kappa shape index (κ3) is 2.83. The molecule has 1 aliphatic rings. The third-order valence-corrected chi connectivity index (χ3v) is 2.77. The van der Waals surface area contributed by atoms with Crippen molar-refractivity contribution < 1.29 is 9.13 Å². The summed E-state index contributed by atoms with van der Waals surface area (Å²) in [5.41, 5.74) is 0.506. The van der Waals surface area contributed by atoms with Gasteiger partial charge in [0.2, 0.25) is 0 Å². The van der Waals surface area contributed by atoms with E-state index in [0.717, 1.165) is 26.2 Å². The van der Waals surface area contributed by atoms with E-state index in [1.165, 1.54) is 6.07 Å². The fraction of sp³-hybridized carbons (Fsp3) is 0.455. The molecule has 0 saturated carbocycles. The number of halogens is 2. The topological polar surface area (TPSA) is 21.3 Å². The maximum atomic E-state index is 13.3. The Balaban J connectivity index is 1.92. The molecule has 1 fully saturated rings. The van der Waals surface area contributed by atoms with Crippen molar-refractivity contribution >= 4 is 17.3 Å². The zero-order chi connectivity index (χ0) is 10.7. The van der Waals surface area contributed by atoms with Gasteiger partial charge in [0.05, 0.1) is 12.3 Å². The molecule has 0 amide bonds. The third-order valence-electron chi connectivity index (χ3n) is 2.54. The van der Waals surface area contributed by atoms with E-state index in [1.807, 2.05) is 0 Å². The lowest BCUT2D eigenvalue weighted by atomic mass is 10.1. The highest BCUT2D eigenvalue weighted by Crippen LogP contribution is 2.20. The summed E-state index contributed by atoms with van der Waals surface area (Å²) in [5, 5.41) is 3.49. The molecule has 0 bridgehead atoms. The van der Waals surface area contributed by atoms with Crippen LogP contribution in [0.15, 0.2) is 18.2 Å². The first-order valence-electron chi connectivity index (χ1n) is 5.02. The summed E-state index contributed by atoms with van der Waals surface area (Å²) in [7, 11) is 0. The van der Waals surface area contributed by atoms with Crippen LogP contribution in [0.3, 0.4) is 0 Å². The molecule has 1 aromatic carbocycles. The van der Waals surface area contributed by atoms with Gasteiger partial charge in [0.1, 0.15) is 5.82 Å². The molecular formula is C11H13ClFNO. The van der Waals surface area contributed by atoms with Crippen molar-refractivity contribution in [2.24, 2.45) is 5.92 Å². The van der Waals surface area contributed by atoms with Crippen LogP contribution in [0.4, 0.5) is 10.1 Å². The predicted octanol–water partition coefficient (Wildman–Crippen LogP) is 2.93. The van der Waals surface area contributed by atoms with Gasteiger partial charge in [-0.2, -0.15) is 0 Å². The van der Waals surface area contributed by atoms with Crippen molar-refractivity contribution in [3.63, 3.8) is 0 Å². The van der Waals surface area contributed by atoms with Crippen LogP contribution in [0.25, 0.3) is 0 Å². The van der Waals surface area contributed by atoms with Gasteiger partial charge in [0, 0.05) is 24.1 Å². The first-order valence-corrected chi connectivity index (χ1v) is 5.40. The standard InChI is InChI=1S/C11H13ClFNO/c12-9-1-2-11(10(13)5-9)14-6-8-3-4-15-7-8/h1-2,5,8,14H,3-4,6-7H2. The van der Waals surface area contributed by atoms with Crippen molar-refractivity contribution in [3.8, 4) is 0 Å². The Kier molecular flexibility index (Phi) is 3.44. The van der Waals surface area contributed by atoms with Crippen LogP contribution in [0.1, 0.15) is 6.42 Å². The second kappa shape index (κ2) is 4.81. The van der Waals surface area contributed by atoms with Crippen LogP contribution in [-0.2, 0) is 4.74 Å². The summed E-state index contributed by atoms with van der Waals surface area (Å²) >= 11 is 5.66. The van der Waals surface area contributed by atoms with Gasteiger partial charge in [0.25, 0.3) is 0 Å². The van der Waals surface area contributed by atoms with Crippen molar-refractivity contribution in [3.05, 3.63) is 29.0 Å². The molecule has 2 nitrogen and oxygen atoms in total. The van der Waals surface area contributed by atoms with Gasteiger partial charge in [-0.25, -0.2) is 4.39 Å². The van der Waals surface area contributed by atoms with Crippen molar-refractivity contribution in [2.75, 3.05) is 25.1 Å². The van der Waals surface area contributed by atoms with Crippen LogP contribution < -0.4 is 5.32 Å². The second-order valence-corrected chi connectivity index (χ2v) is 4.17. The summed E-state index contributed by atoms with van der Waals surface area (Å²) in [6.45, 7) is 2.33. The van der Waals surface area contributed by atoms with E-state index in [-0.39, 0.29) is 5.82 Å². The Hall–Kier alpha value is -0.800. The molecule has 4 heteroatoms. The number of hydrogen-bond acceptors (Lipinski definition) is 2. The molecule has 1 N–H and O–H groups in total. The van der Waals surface area contributed by atoms with Crippen molar-refractivity contribution in [1.82, 2.24) is 0 Å². The number of ether oxygens (including phenoxy) is 1. The molecule has 0 spiro atoms. The van der Waals surface area contributed by atoms with E-state index in [0.29, 0.717) is 16.6 Å². The summed E-state index contributed by atoms with van der Waals surface area (Å²) < 4.78 is 18.6. The first-order chi connectivity index (χ1) is 7.25. The first kappa shape index (κ1) is 10.7. The molecule has 0 aromatic heterocycles. The molecule has 1 heterocycles. The number of hydrogen-bond donors (Lipinski definition) is 1. The van der Waals surface area contributed by atoms with Crippen LogP contribution in [-0.4, -0.2) is 19.8 Å². The molecule has 15 heavy (non-hydrogen) atoms. The monoisotopic (exact) mass is 229 g/mol. The van der Waals surface area contributed by atoms with Gasteiger partial charge in [0.15, 0.2) is 0 Å². The van der Waals surface area contributed by atoms with Crippen molar-refractivity contribution in [1.29, 1.82) is 0 Å². The molecule has 1 saturated heterocycles. The lowest BCUT2D eigenvalue weighted by Gasteiger charge is -2.11. The Bertz CT molecular complexity index is 339. The summed E-state index contributed by atoms with van der Waals surface area (Å²) in [5.74, 6) is 0.182. The molecule has 1 atom stereocenters. The average Bonchev–Trinajstić information content (AvgIpc) is 2.69. The largest absolute Gasteiger partial charge is 0.382 e. The van der Waals surface area contributed by atoms with Gasteiger partial charge in [-0.3, -0.25) is 0 Å². The van der Waals surface area contributed by atoms with Gasteiger partial charge in [-0.15, -0.1) is 0 Å². The zero-order valence-electron chi connectivity index (χ0n) is 8.30. The van der Waals surface area contributed by atoms with E-state index >= 15 is 0 Å². The predicted molar refractivity (Wildman–Crippen MR) is 58.8 cm³/mol. The lowest BCUT2D eigenvalue weighted by molar-refractivity contribution is 0.187. The smallest absolute Gasteiger partial charge is 0.147 e. The molecule has 2 rings (SSSR count). The Labute approximate surface area is 93.4 Å².